The molecule has 0 aromatic carbocycles. The maximum atomic E-state index is 11.6. The number of rotatable bonds is 5. The van der Waals surface area contributed by atoms with Crippen LogP contribution in [0.2, 0.25) is 0 Å². The molecule has 0 aromatic rings. The van der Waals surface area contributed by atoms with Gasteiger partial charge < -0.3 is 15.4 Å². The molecule has 0 bridgehead atoms. The third kappa shape index (κ3) is 11.4. The van der Waals surface area contributed by atoms with Crippen molar-refractivity contribution in [1.29, 1.82) is 0 Å². The predicted molar refractivity (Wildman–Crippen MR) is 55.7 cm³/mol. The largest absolute Gasteiger partial charge is 0.411 e. The minimum absolute atomic E-state index is 0.0283. The Morgan fingerprint density at radius 2 is 2.00 bits per heavy atom. The van der Waals surface area contributed by atoms with Crippen LogP contribution in [0, 0.1) is 0 Å². The maximum Gasteiger partial charge on any atom is 0.411 e. The summed E-state index contributed by atoms with van der Waals surface area (Å²) in [6.07, 6.45) is -4.27. The molecule has 0 saturated heterocycles. The van der Waals surface area contributed by atoms with Gasteiger partial charge in [-0.1, -0.05) is 0 Å². The fourth-order valence-electron chi connectivity index (χ4n) is 0.738. The maximum absolute atomic E-state index is 11.6. The van der Waals surface area contributed by atoms with Crippen LogP contribution in [0.1, 0.15) is 13.8 Å². The molecule has 0 radical (unpaired) electrons. The third-order valence-electron chi connectivity index (χ3n) is 1.22. The lowest BCUT2D eigenvalue weighted by Crippen LogP contribution is -2.40. The summed E-state index contributed by atoms with van der Waals surface area (Å²) in [6.45, 7) is 2.83. The Morgan fingerprint density at radius 1 is 1.40 bits per heavy atom. The second kappa shape index (κ2) is 6.84. The molecular weight excluding hydrogens is 229 g/mol. The van der Waals surface area contributed by atoms with E-state index in [1.165, 1.54) is 0 Å². The molecule has 0 amide bonds. The van der Waals surface area contributed by atoms with Gasteiger partial charge in [0, 0.05) is 12.6 Å². The fourth-order valence-corrected chi connectivity index (χ4v) is 1.08. The second-order valence-corrected chi connectivity index (χ2v) is 3.63. The number of hydrogen-bond acceptors (Lipinski definition) is 2. The van der Waals surface area contributed by atoms with Crippen molar-refractivity contribution in [3.63, 3.8) is 0 Å². The quantitative estimate of drug-likeness (QED) is 0.566. The van der Waals surface area contributed by atoms with E-state index < -0.39 is 12.8 Å². The summed E-state index contributed by atoms with van der Waals surface area (Å²) in [5, 5.41) is 6.04. The molecule has 2 N–H and O–H groups in total. The van der Waals surface area contributed by atoms with Gasteiger partial charge in [0.05, 0.1) is 6.61 Å². The van der Waals surface area contributed by atoms with E-state index in [1.54, 1.807) is 0 Å². The van der Waals surface area contributed by atoms with E-state index in [-0.39, 0.29) is 19.2 Å². The number of alkyl halides is 3. The van der Waals surface area contributed by atoms with Gasteiger partial charge in [0.25, 0.3) is 0 Å². The molecule has 0 fully saturated rings. The van der Waals surface area contributed by atoms with Gasteiger partial charge in [0.1, 0.15) is 6.61 Å². The van der Waals surface area contributed by atoms with Crippen LogP contribution in [-0.2, 0) is 4.74 Å². The summed E-state index contributed by atoms with van der Waals surface area (Å²) in [7, 11) is 0. The van der Waals surface area contributed by atoms with Crippen LogP contribution in [0.4, 0.5) is 13.2 Å². The summed E-state index contributed by atoms with van der Waals surface area (Å²) >= 11 is 4.85. The Morgan fingerprint density at radius 3 is 2.47 bits per heavy atom. The monoisotopic (exact) mass is 244 g/mol. The highest BCUT2D eigenvalue weighted by atomic mass is 32.1. The lowest BCUT2D eigenvalue weighted by atomic mass is 10.4. The third-order valence-corrected chi connectivity index (χ3v) is 1.48. The summed E-state index contributed by atoms with van der Waals surface area (Å²) in [5.41, 5.74) is 0. The lowest BCUT2D eigenvalue weighted by molar-refractivity contribution is -0.173. The Balaban J connectivity index is 3.35. The van der Waals surface area contributed by atoms with Crippen LogP contribution in [0.15, 0.2) is 0 Å². The van der Waals surface area contributed by atoms with Gasteiger partial charge in [-0.05, 0) is 26.1 Å². The van der Waals surface area contributed by atoms with Crippen molar-refractivity contribution in [1.82, 2.24) is 10.6 Å². The van der Waals surface area contributed by atoms with E-state index in [1.807, 2.05) is 13.8 Å². The molecule has 0 aliphatic rings. The van der Waals surface area contributed by atoms with E-state index in [2.05, 4.69) is 15.4 Å². The Hall–Kier alpha value is -0.560. The summed E-state index contributed by atoms with van der Waals surface area (Å²) in [5.74, 6) is 0. The Kier molecular flexibility index (Phi) is 6.58. The van der Waals surface area contributed by atoms with Crippen molar-refractivity contribution in [3.05, 3.63) is 0 Å². The number of thiocarbonyl (C=S) groups is 1. The molecule has 0 saturated carbocycles. The number of halogens is 3. The Bertz CT molecular complexity index is 197. The van der Waals surface area contributed by atoms with Crippen LogP contribution in [0.25, 0.3) is 0 Å². The SMILES string of the molecule is CC(C)NC(=S)NCCOCC(F)(F)F. The van der Waals surface area contributed by atoms with Crippen molar-refractivity contribution >= 4 is 17.3 Å². The van der Waals surface area contributed by atoms with Crippen LogP contribution in [0.3, 0.4) is 0 Å². The zero-order chi connectivity index (χ0) is 11.9. The first-order chi connectivity index (χ1) is 6.81. The molecule has 3 nitrogen and oxygen atoms in total. The highest BCUT2D eigenvalue weighted by Gasteiger charge is 2.27. The molecule has 0 atom stereocenters. The van der Waals surface area contributed by atoms with Gasteiger partial charge in [0.15, 0.2) is 5.11 Å². The van der Waals surface area contributed by atoms with Crippen molar-refractivity contribution in [2.45, 2.75) is 26.1 Å². The highest BCUT2D eigenvalue weighted by molar-refractivity contribution is 7.80. The zero-order valence-corrected chi connectivity index (χ0v) is 9.47. The van der Waals surface area contributed by atoms with Gasteiger partial charge in [0.2, 0.25) is 0 Å². The number of hydrogen-bond donors (Lipinski definition) is 2. The topological polar surface area (TPSA) is 33.3 Å². The van der Waals surface area contributed by atoms with Crippen molar-refractivity contribution in [2.75, 3.05) is 19.8 Å². The van der Waals surface area contributed by atoms with E-state index in [4.69, 9.17) is 12.2 Å². The molecule has 0 spiro atoms. The minimum atomic E-state index is -4.27. The molecule has 90 valence electrons. The number of nitrogens with one attached hydrogen (secondary N) is 2. The molecule has 0 unspecified atom stereocenters. The van der Waals surface area contributed by atoms with Crippen LogP contribution < -0.4 is 10.6 Å². The van der Waals surface area contributed by atoms with E-state index in [0.717, 1.165) is 0 Å². The summed E-state index contributed by atoms with van der Waals surface area (Å²) < 4.78 is 39.3. The first-order valence-corrected chi connectivity index (χ1v) is 4.91. The highest BCUT2D eigenvalue weighted by Crippen LogP contribution is 2.13. The summed E-state index contributed by atoms with van der Waals surface area (Å²) in [6, 6.07) is 0.195. The first-order valence-electron chi connectivity index (χ1n) is 4.50. The van der Waals surface area contributed by atoms with E-state index >= 15 is 0 Å². The van der Waals surface area contributed by atoms with Gasteiger partial charge in [-0.15, -0.1) is 0 Å². The standard InChI is InChI=1S/C8H15F3N2OS/c1-6(2)13-7(15)12-3-4-14-5-8(9,10)11/h6H,3-5H2,1-2H3,(H2,12,13,15). The van der Waals surface area contributed by atoms with Gasteiger partial charge in [-0.2, -0.15) is 13.2 Å². The molecule has 0 aromatic heterocycles. The van der Waals surface area contributed by atoms with Crippen molar-refractivity contribution < 1.29 is 17.9 Å². The second-order valence-electron chi connectivity index (χ2n) is 3.22. The Labute approximate surface area is 92.4 Å². The van der Waals surface area contributed by atoms with Gasteiger partial charge in [-0.25, -0.2) is 0 Å². The molecular formula is C8H15F3N2OS. The van der Waals surface area contributed by atoms with E-state index in [9.17, 15) is 13.2 Å². The first kappa shape index (κ1) is 14.4. The van der Waals surface area contributed by atoms with Crippen LogP contribution in [-0.4, -0.2) is 37.1 Å². The van der Waals surface area contributed by atoms with Crippen molar-refractivity contribution in [2.24, 2.45) is 0 Å². The molecule has 0 aliphatic heterocycles. The number of ether oxygens (including phenoxy) is 1. The lowest BCUT2D eigenvalue weighted by Gasteiger charge is -2.13. The fraction of sp³-hybridized carbons (Fsp3) is 0.875. The molecule has 0 rings (SSSR count). The van der Waals surface area contributed by atoms with Crippen LogP contribution in [0.5, 0.6) is 0 Å². The summed E-state index contributed by atoms with van der Waals surface area (Å²) in [4.78, 5) is 0. The van der Waals surface area contributed by atoms with Crippen molar-refractivity contribution in [3.8, 4) is 0 Å². The minimum Gasteiger partial charge on any atom is -0.370 e. The molecule has 0 aliphatic carbocycles. The molecule has 7 heteroatoms. The van der Waals surface area contributed by atoms with Gasteiger partial charge in [-0.3, -0.25) is 0 Å². The smallest absolute Gasteiger partial charge is 0.370 e. The van der Waals surface area contributed by atoms with Gasteiger partial charge >= 0.3 is 6.18 Å². The predicted octanol–water partition coefficient (Wildman–Crippen LogP) is 1.44. The average molecular weight is 244 g/mol. The van der Waals surface area contributed by atoms with Crippen LogP contribution >= 0.6 is 12.2 Å². The van der Waals surface area contributed by atoms with E-state index in [0.29, 0.717) is 5.11 Å². The normalized spacial score (nSPS) is 11.6. The molecule has 15 heavy (non-hydrogen) atoms. The zero-order valence-electron chi connectivity index (χ0n) is 8.65. The average Bonchev–Trinajstić information content (AvgIpc) is 1.99. The molecule has 0 heterocycles.